The van der Waals surface area contributed by atoms with Crippen LogP contribution in [0.15, 0.2) is 45.7 Å². The summed E-state index contributed by atoms with van der Waals surface area (Å²) < 4.78 is 0.573. The van der Waals surface area contributed by atoms with Crippen LogP contribution in [0.25, 0.3) is 22.3 Å². The predicted molar refractivity (Wildman–Crippen MR) is 82.2 cm³/mol. The van der Waals surface area contributed by atoms with Crippen LogP contribution >= 0.6 is 27.5 Å². The Morgan fingerprint density at radius 3 is 2.80 bits per heavy atom. The number of para-hydroxylation sites is 1. The van der Waals surface area contributed by atoms with E-state index in [2.05, 4.69) is 25.9 Å². The third kappa shape index (κ3) is 2.19. The summed E-state index contributed by atoms with van der Waals surface area (Å²) >= 11 is 9.24. The zero-order valence-electron chi connectivity index (χ0n) is 10.0. The maximum atomic E-state index is 12.0. The Labute approximate surface area is 127 Å². The Morgan fingerprint density at radius 1 is 1.25 bits per heavy atom. The Hall–Kier alpha value is -1.85. The first-order valence-electron chi connectivity index (χ1n) is 5.73. The van der Waals surface area contributed by atoms with Gasteiger partial charge in [0.2, 0.25) is 0 Å². The molecule has 0 saturated heterocycles. The van der Waals surface area contributed by atoms with Crippen molar-refractivity contribution in [2.45, 2.75) is 0 Å². The molecule has 100 valence electrons. The molecule has 3 rings (SSSR count). The van der Waals surface area contributed by atoms with Gasteiger partial charge in [0, 0.05) is 4.47 Å². The number of benzene rings is 2. The van der Waals surface area contributed by atoms with Crippen LogP contribution in [0.3, 0.4) is 0 Å². The molecule has 6 heteroatoms. The summed E-state index contributed by atoms with van der Waals surface area (Å²) in [6, 6.07) is 10.0. The molecule has 0 amide bonds. The summed E-state index contributed by atoms with van der Waals surface area (Å²) in [5, 5.41) is 10.9. The lowest BCUT2D eigenvalue weighted by atomic mass is 10.1. The molecule has 1 aromatic heterocycles. The maximum absolute atomic E-state index is 12.0. The van der Waals surface area contributed by atoms with Gasteiger partial charge in [-0.05, 0) is 40.2 Å². The minimum Gasteiger partial charge on any atom is -0.507 e. The van der Waals surface area contributed by atoms with Gasteiger partial charge in [0.25, 0.3) is 5.56 Å². The number of phenols is 1. The first kappa shape index (κ1) is 13.1. The van der Waals surface area contributed by atoms with Gasteiger partial charge in [-0.15, -0.1) is 0 Å². The van der Waals surface area contributed by atoms with Crippen molar-refractivity contribution in [2.24, 2.45) is 0 Å². The molecule has 2 aromatic carbocycles. The zero-order valence-corrected chi connectivity index (χ0v) is 12.4. The van der Waals surface area contributed by atoms with Gasteiger partial charge in [-0.2, -0.15) is 0 Å². The number of aromatic amines is 1. The van der Waals surface area contributed by atoms with Crippen molar-refractivity contribution >= 4 is 38.4 Å². The molecular formula is C14H8BrClN2O2. The lowest BCUT2D eigenvalue weighted by molar-refractivity contribution is 0.476. The molecule has 0 spiro atoms. The van der Waals surface area contributed by atoms with Crippen molar-refractivity contribution in [2.75, 3.05) is 0 Å². The van der Waals surface area contributed by atoms with Gasteiger partial charge in [-0.25, -0.2) is 4.98 Å². The van der Waals surface area contributed by atoms with Crippen LogP contribution in [0.1, 0.15) is 0 Å². The van der Waals surface area contributed by atoms with Crippen LogP contribution in [0.2, 0.25) is 5.02 Å². The number of halogens is 2. The fourth-order valence-electron chi connectivity index (χ4n) is 1.94. The summed E-state index contributed by atoms with van der Waals surface area (Å²) in [7, 11) is 0. The molecule has 0 aliphatic rings. The highest BCUT2D eigenvalue weighted by Gasteiger charge is 2.12. The Morgan fingerprint density at radius 2 is 2.00 bits per heavy atom. The molecule has 4 nitrogen and oxygen atoms in total. The number of hydrogen-bond donors (Lipinski definition) is 2. The fraction of sp³-hybridized carbons (Fsp3) is 0. The Bertz CT molecular complexity index is 877. The molecule has 3 aromatic rings. The maximum Gasteiger partial charge on any atom is 0.259 e. The van der Waals surface area contributed by atoms with Crippen molar-refractivity contribution in [3.8, 4) is 17.1 Å². The molecule has 20 heavy (non-hydrogen) atoms. The van der Waals surface area contributed by atoms with Crippen molar-refractivity contribution in [1.29, 1.82) is 0 Å². The molecule has 0 aliphatic heterocycles. The number of aromatic nitrogens is 2. The highest BCUT2D eigenvalue weighted by Crippen LogP contribution is 2.34. The zero-order chi connectivity index (χ0) is 14.3. The number of rotatable bonds is 1. The minimum atomic E-state index is -0.260. The lowest BCUT2D eigenvalue weighted by Crippen LogP contribution is -2.09. The van der Waals surface area contributed by atoms with Gasteiger partial charge in [0.1, 0.15) is 11.6 Å². The third-order valence-electron chi connectivity index (χ3n) is 2.91. The van der Waals surface area contributed by atoms with E-state index in [1.54, 1.807) is 30.3 Å². The summed E-state index contributed by atoms with van der Waals surface area (Å²) in [5.41, 5.74) is 0.676. The van der Waals surface area contributed by atoms with Crippen LogP contribution in [-0.2, 0) is 0 Å². The molecule has 0 saturated carbocycles. The summed E-state index contributed by atoms with van der Waals surface area (Å²) in [6.07, 6.45) is 0. The van der Waals surface area contributed by atoms with Crippen LogP contribution in [0.4, 0.5) is 0 Å². The molecule has 0 bridgehead atoms. The second kappa shape index (κ2) is 4.92. The topological polar surface area (TPSA) is 66.0 Å². The molecule has 0 fully saturated rings. The summed E-state index contributed by atoms with van der Waals surface area (Å²) in [5.74, 6) is 0.264. The van der Waals surface area contributed by atoms with E-state index in [0.717, 1.165) is 0 Å². The number of H-pyrrole nitrogens is 1. The van der Waals surface area contributed by atoms with E-state index < -0.39 is 0 Å². The van der Waals surface area contributed by atoms with E-state index in [0.29, 0.717) is 26.0 Å². The predicted octanol–water partition coefficient (Wildman–Crippen LogP) is 3.71. The first-order chi connectivity index (χ1) is 9.56. The van der Waals surface area contributed by atoms with Crippen LogP contribution in [0, 0.1) is 0 Å². The van der Waals surface area contributed by atoms with Crippen molar-refractivity contribution < 1.29 is 5.11 Å². The molecule has 1 heterocycles. The number of phenolic OH excluding ortho intramolecular Hbond substituents is 1. The molecule has 0 aliphatic carbocycles. The largest absolute Gasteiger partial charge is 0.507 e. The second-order valence-corrected chi connectivity index (χ2v) is 5.48. The molecule has 0 unspecified atom stereocenters. The number of fused-ring (bicyclic) bond motifs is 1. The monoisotopic (exact) mass is 350 g/mol. The van der Waals surface area contributed by atoms with E-state index in [-0.39, 0.29) is 17.1 Å². The first-order valence-corrected chi connectivity index (χ1v) is 6.91. The average Bonchev–Trinajstić information content (AvgIpc) is 2.43. The van der Waals surface area contributed by atoms with E-state index in [9.17, 15) is 9.90 Å². The van der Waals surface area contributed by atoms with Gasteiger partial charge in [0.15, 0.2) is 0 Å². The summed E-state index contributed by atoms with van der Waals surface area (Å²) in [6.45, 7) is 0. The van der Waals surface area contributed by atoms with E-state index in [1.165, 1.54) is 6.07 Å². The van der Waals surface area contributed by atoms with Crippen molar-refractivity contribution in [1.82, 2.24) is 9.97 Å². The van der Waals surface area contributed by atoms with Crippen LogP contribution < -0.4 is 5.56 Å². The highest BCUT2D eigenvalue weighted by atomic mass is 79.9. The number of hydrogen-bond acceptors (Lipinski definition) is 3. The normalized spacial score (nSPS) is 10.9. The van der Waals surface area contributed by atoms with Crippen LogP contribution in [0.5, 0.6) is 5.75 Å². The molecular weight excluding hydrogens is 344 g/mol. The SMILES string of the molecule is O=c1[nH]c(-c2cc(Cl)c(Br)cc2O)nc2ccccc12. The van der Waals surface area contributed by atoms with E-state index in [1.807, 2.05) is 0 Å². The Balaban J connectivity index is 2.30. The lowest BCUT2D eigenvalue weighted by Gasteiger charge is -2.07. The number of nitrogens with zero attached hydrogens (tertiary/aromatic N) is 1. The second-order valence-electron chi connectivity index (χ2n) is 4.22. The average molecular weight is 352 g/mol. The molecule has 0 atom stereocenters. The van der Waals surface area contributed by atoms with Crippen molar-refractivity contribution in [3.05, 3.63) is 56.2 Å². The highest BCUT2D eigenvalue weighted by molar-refractivity contribution is 9.10. The number of aromatic hydroxyl groups is 1. The molecule has 2 N–H and O–H groups in total. The quantitative estimate of drug-likeness (QED) is 0.702. The van der Waals surface area contributed by atoms with E-state index >= 15 is 0 Å². The van der Waals surface area contributed by atoms with Gasteiger partial charge >= 0.3 is 0 Å². The van der Waals surface area contributed by atoms with E-state index in [4.69, 9.17) is 11.6 Å². The fourth-order valence-corrected chi connectivity index (χ4v) is 2.43. The minimum absolute atomic E-state index is 0.0142. The van der Waals surface area contributed by atoms with Crippen molar-refractivity contribution in [3.63, 3.8) is 0 Å². The third-order valence-corrected chi connectivity index (χ3v) is 4.10. The summed E-state index contributed by atoms with van der Waals surface area (Å²) in [4.78, 5) is 19.0. The van der Waals surface area contributed by atoms with Gasteiger partial charge in [-0.3, -0.25) is 4.79 Å². The van der Waals surface area contributed by atoms with Crippen LogP contribution in [-0.4, -0.2) is 15.1 Å². The smallest absolute Gasteiger partial charge is 0.259 e. The number of nitrogens with one attached hydrogen (secondary N) is 1. The van der Waals surface area contributed by atoms with Gasteiger partial charge in [-0.1, -0.05) is 23.7 Å². The Kier molecular flexibility index (Phi) is 3.23. The van der Waals surface area contributed by atoms with Gasteiger partial charge in [0.05, 0.1) is 21.5 Å². The standard InChI is InChI=1S/C14H8BrClN2O2/c15-9-6-12(19)8(5-10(9)16)13-17-11-4-2-1-3-7(11)14(20)18-13/h1-6,19H,(H,17,18,20). The molecule has 0 radical (unpaired) electrons. The van der Waals surface area contributed by atoms with Gasteiger partial charge < -0.3 is 10.1 Å².